The van der Waals surface area contributed by atoms with E-state index in [2.05, 4.69) is 10.6 Å². The molecule has 132 valence electrons. The molecule has 1 aliphatic carbocycles. The first kappa shape index (κ1) is 18.6. The standard InChI is InChI=1S/C18H26ClN3O2/c1-22(16-6-3-2-4-7-16)18(24)20-13-5-8-17(23)21-15-11-9-14(19)10-12-15/h9-12,16H,2-8,13H2,1H3,(H,20,24)(H,21,23). The van der Waals surface area contributed by atoms with Crippen LogP contribution in [0.5, 0.6) is 0 Å². The van der Waals surface area contributed by atoms with Gasteiger partial charge in [-0.05, 0) is 43.5 Å². The van der Waals surface area contributed by atoms with E-state index in [1.165, 1.54) is 19.3 Å². The summed E-state index contributed by atoms with van der Waals surface area (Å²) in [4.78, 5) is 25.8. The summed E-state index contributed by atoms with van der Waals surface area (Å²) in [5.41, 5.74) is 0.727. The van der Waals surface area contributed by atoms with Gasteiger partial charge in [-0.25, -0.2) is 4.79 Å². The van der Waals surface area contributed by atoms with Gasteiger partial charge < -0.3 is 15.5 Å². The maximum absolute atomic E-state index is 12.1. The van der Waals surface area contributed by atoms with Gasteiger partial charge in [-0.3, -0.25) is 4.79 Å². The summed E-state index contributed by atoms with van der Waals surface area (Å²) in [6.45, 7) is 0.504. The molecule has 5 nitrogen and oxygen atoms in total. The summed E-state index contributed by atoms with van der Waals surface area (Å²) in [5, 5.41) is 6.34. The van der Waals surface area contributed by atoms with Crippen LogP contribution in [-0.2, 0) is 4.79 Å². The van der Waals surface area contributed by atoms with Crippen LogP contribution >= 0.6 is 11.6 Å². The van der Waals surface area contributed by atoms with Crippen LogP contribution in [0, 0.1) is 0 Å². The Balaban J connectivity index is 1.62. The van der Waals surface area contributed by atoms with E-state index in [1.54, 1.807) is 24.3 Å². The molecule has 1 saturated carbocycles. The fourth-order valence-electron chi connectivity index (χ4n) is 2.96. The lowest BCUT2D eigenvalue weighted by Gasteiger charge is -2.31. The van der Waals surface area contributed by atoms with Gasteiger partial charge in [-0.15, -0.1) is 0 Å². The van der Waals surface area contributed by atoms with Crippen LogP contribution < -0.4 is 10.6 Å². The first-order chi connectivity index (χ1) is 11.6. The molecular weight excluding hydrogens is 326 g/mol. The van der Waals surface area contributed by atoms with Crippen molar-refractivity contribution in [2.24, 2.45) is 0 Å². The van der Waals surface area contributed by atoms with Crippen LogP contribution in [0.25, 0.3) is 0 Å². The van der Waals surface area contributed by atoms with E-state index in [4.69, 9.17) is 11.6 Å². The number of halogens is 1. The Labute approximate surface area is 148 Å². The Morgan fingerprint density at radius 1 is 1.17 bits per heavy atom. The third kappa shape index (κ3) is 6.04. The molecule has 0 unspecified atom stereocenters. The molecule has 0 saturated heterocycles. The molecular formula is C18H26ClN3O2. The number of urea groups is 1. The van der Waals surface area contributed by atoms with Gasteiger partial charge in [0, 0.05) is 36.8 Å². The van der Waals surface area contributed by atoms with Gasteiger partial charge >= 0.3 is 6.03 Å². The second-order valence-electron chi connectivity index (χ2n) is 6.29. The lowest BCUT2D eigenvalue weighted by atomic mass is 9.95. The van der Waals surface area contributed by atoms with Gasteiger partial charge in [0.15, 0.2) is 0 Å². The fourth-order valence-corrected chi connectivity index (χ4v) is 3.09. The number of rotatable bonds is 6. The third-order valence-corrected chi connectivity index (χ3v) is 4.68. The second kappa shape index (κ2) is 9.52. The normalized spacial score (nSPS) is 14.9. The Hall–Kier alpha value is -1.75. The quantitative estimate of drug-likeness (QED) is 0.760. The molecule has 0 aliphatic heterocycles. The van der Waals surface area contributed by atoms with Crippen molar-refractivity contribution in [1.82, 2.24) is 10.2 Å². The number of benzene rings is 1. The van der Waals surface area contributed by atoms with Crippen LogP contribution in [0.15, 0.2) is 24.3 Å². The number of hydrogen-bond donors (Lipinski definition) is 2. The SMILES string of the molecule is CN(C(=O)NCCCC(=O)Nc1ccc(Cl)cc1)C1CCCCC1. The summed E-state index contributed by atoms with van der Waals surface area (Å²) in [6, 6.07) is 7.31. The summed E-state index contributed by atoms with van der Waals surface area (Å²) in [7, 11) is 1.86. The van der Waals surface area contributed by atoms with E-state index in [1.807, 2.05) is 11.9 Å². The van der Waals surface area contributed by atoms with Crippen molar-refractivity contribution in [2.45, 2.75) is 51.0 Å². The number of anilines is 1. The van der Waals surface area contributed by atoms with Crippen LogP contribution in [0.2, 0.25) is 5.02 Å². The Bertz CT molecular complexity index is 542. The lowest BCUT2D eigenvalue weighted by molar-refractivity contribution is -0.116. The van der Waals surface area contributed by atoms with Gasteiger partial charge in [0.1, 0.15) is 0 Å². The van der Waals surface area contributed by atoms with Crippen LogP contribution in [0.1, 0.15) is 44.9 Å². The Kier molecular flexibility index (Phi) is 7.37. The molecule has 0 atom stereocenters. The Morgan fingerprint density at radius 3 is 2.50 bits per heavy atom. The summed E-state index contributed by atoms with van der Waals surface area (Å²) in [5.74, 6) is -0.0628. The zero-order chi connectivity index (χ0) is 17.4. The lowest BCUT2D eigenvalue weighted by Crippen LogP contribution is -2.44. The average Bonchev–Trinajstić information content (AvgIpc) is 2.60. The summed E-state index contributed by atoms with van der Waals surface area (Å²) >= 11 is 5.80. The molecule has 24 heavy (non-hydrogen) atoms. The highest BCUT2D eigenvalue weighted by atomic mass is 35.5. The molecule has 3 amide bonds. The van der Waals surface area contributed by atoms with E-state index in [0.29, 0.717) is 30.5 Å². The first-order valence-corrected chi connectivity index (χ1v) is 9.00. The minimum absolute atomic E-state index is 0.0417. The van der Waals surface area contributed by atoms with Gasteiger partial charge in [-0.2, -0.15) is 0 Å². The van der Waals surface area contributed by atoms with Crippen LogP contribution in [0.4, 0.5) is 10.5 Å². The maximum Gasteiger partial charge on any atom is 0.317 e. The monoisotopic (exact) mass is 351 g/mol. The minimum Gasteiger partial charge on any atom is -0.338 e. The highest BCUT2D eigenvalue weighted by Gasteiger charge is 2.21. The highest BCUT2D eigenvalue weighted by molar-refractivity contribution is 6.30. The molecule has 1 fully saturated rings. The van der Waals surface area contributed by atoms with Crippen molar-refractivity contribution in [3.8, 4) is 0 Å². The highest BCUT2D eigenvalue weighted by Crippen LogP contribution is 2.21. The zero-order valence-corrected chi connectivity index (χ0v) is 14.9. The first-order valence-electron chi connectivity index (χ1n) is 8.62. The summed E-state index contributed by atoms with van der Waals surface area (Å²) in [6.07, 6.45) is 6.84. The van der Waals surface area contributed by atoms with Crippen molar-refractivity contribution < 1.29 is 9.59 Å². The van der Waals surface area contributed by atoms with Crippen molar-refractivity contribution in [3.05, 3.63) is 29.3 Å². The van der Waals surface area contributed by atoms with E-state index in [9.17, 15) is 9.59 Å². The number of amides is 3. The molecule has 0 aromatic heterocycles. The number of carbonyl (C=O) groups is 2. The molecule has 1 aromatic rings. The van der Waals surface area contributed by atoms with Gasteiger partial charge in [0.25, 0.3) is 0 Å². The third-order valence-electron chi connectivity index (χ3n) is 4.43. The van der Waals surface area contributed by atoms with Crippen molar-refractivity contribution in [1.29, 1.82) is 0 Å². The van der Waals surface area contributed by atoms with Gasteiger partial charge in [0.2, 0.25) is 5.91 Å². The zero-order valence-electron chi connectivity index (χ0n) is 14.2. The van der Waals surface area contributed by atoms with E-state index < -0.39 is 0 Å². The molecule has 2 N–H and O–H groups in total. The van der Waals surface area contributed by atoms with Crippen molar-refractivity contribution >= 4 is 29.2 Å². The topological polar surface area (TPSA) is 61.4 Å². The molecule has 6 heteroatoms. The molecule has 0 heterocycles. The van der Waals surface area contributed by atoms with Gasteiger partial charge in [-0.1, -0.05) is 30.9 Å². The molecule has 0 radical (unpaired) electrons. The average molecular weight is 352 g/mol. The molecule has 0 bridgehead atoms. The predicted molar refractivity (Wildman–Crippen MR) is 97.4 cm³/mol. The smallest absolute Gasteiger partial charge is 0.317 e. The van der Waals surface area contributed by atoms with E-state index in [-0.39, 0.29) is 11.9 Å². The maximum atomic E-state index is 12.1. The number of hydrogen-bond acceptors (Lipinski definition) is 2. The van der Waals surface area contributed by atoms with Crippen molar-refractivity contribution in [3.63, 3.8) is 0 Å². The second-order valence-corrected chi connectivity index (χ2v) is 6.73. The predicted octanol–water partition coefficient (Wildman–Crippen LogP) is 4.03. The van der Waals surface area contributed by atoms with E-state index >= 15 is 0 Å². The van der Waals surface area contributed by atoms with Crippen molar-refractivity contribution in [2.75, 3.05) is 18.9 Å². The molecule has 2 rings (SSSR count). The Morgan fingerprint density at radius 2 is 1.83 bits per heavy atom. The molecule has 1 aromatic carbocycles. The summed E-state index contributed by atoms with van der Waals surface area (Å²) < 4.78 is 0. The minimum atomic E-state index is -0.0628. The number of nitrogens with one attached hydrogen (secondary N) is 2. The fraction of sp³-hybridized carbons (Fsp3) is 0.556. The number of nitrogens with zero attached hydrogens (tertiary/aromatic N) is 1. The largest absolute Gasteiger partial charge is 0.338 e. The molecule has 1 aliphatic rings. The van der Waals surface area contributed by atoms with Crippen LogP contribution in [-0.4, -0.2) is 36.5 Å². The van der Waals surface area contributed by atoms with Crippen LogP contribution in [0.3, 0.4) is 0 Å². The van der Waals surface area contributed by atoms with Gasteiger partial charge in [0.05, 0.1) is 0 Å². The molecule has 0 spiro atoms. The van der Waals surface area contributed by atoms with E-state index in [0.717, 1.165) is 18.5 Å². The number of carbonyl (C=O) groups excluding carboxylic acids is 2.